The molecule has 0 bridgehead atoms. The molecule has 236 valence electrons. The van der Waals surface area contributed by atoms with Crippen LogP contribution in [0.2, 0.25) is 0 Å². The molecule has 0 aliphatic rings. The standard InChI is InChI=1S/C46H26N4O/c47-26-28-18-21-32-33-22-19-29(25-40(33)50(39(32)24-28)31-10-2-1-3-11-31)43-34-12-4-6-14-36(34)44(37-15-7-5-13-35(37)43)30-20-23-42-48-45-38-16-8-9-17-41(38)51-46(45)49(42)27-30/h1-25,27H. The zero-order valence-corrected chi connectivity index (χ0v) is 27.2. The van der Waals surface area contributed by atoms with E-state index in [1.165, 1.54) is 32.7 Å². The van der Waals surface area contributed by atoms with Crippen LogP contribution in [-0.4, -0.2) is 14.0 Å². The van der Waals surface area contributed by atoms with Crippen molar-refractivity contribution in [1.82, 2.24) is 14.0 Å². The van der Waals surface area contributed by atoms with Gasteiger partial charge in [-0.1, -0.05) is 97.1 Å². The first-order chi connectivity index (χ1) is 25.2. The van der Waals surface area contributed by atoms with Crippen molar-refractivity contribution in [3.8, 4) is 34.0 Å². The van der Waals surface area contributed by atoms with E-state index in [-0.39, 0.29) is 0 Å². The highest BCUT2D eigenvalue weighted by atomic mass is 16.3. The summed E-state index contributed by atoms with van der Waals surface area (Å²) in [7, 11) is 0. The van der Waals surface area contributed by atoms with Gasteiger partial charge in [-0.2, -0.15) is 5.26 Å². The van der Waals surface area contributed by atoms with Gasteiger partial charge in [-0.3, -0.25) is 4.40 Å². The molecule has 0 aliphatic heterocycles. The van der Waals surface area contributed by atoms with Crippen molar-refractivity contribution in [1.29, 1.82) is 5.26 Å². The fourth-order valence-electron chi connectivity index (χ4n) is 8.15. The monoisotopic (exact) mass is 650 g/mol. The summed E-state index contributed by atoms with van der Waals surface area (Å²) < 4.78 is 10.7. The second-order valence-electron chi connectivity index (χ2n) is 13.1. The Morgan fingerprint density at radius 3 is 1.82 bits per heavy atom. The highest BCUT2D eigenvalue weighted by Crippen LogP contribution is 2.45. The van der Waals surface area contributed by atoms with Crippen molar-refractivity contribution in [3.63, 3.8) is 0 Å². The molecule has 11 rings (SSSR count). The zero-order valence-electron chi connectivity index (χ0n) is 27.2. The average Bonchev–Trinajstić information content (AvgIpc) is 3.84. The van der Waals surface area contributed by atoms with Gasteiger partial charge in [-0.15, -0.1) is 0 Å². The van der Waals surface area contributed by atoms with E-state index < -0.39 is 0 Å². The first kappa shape index (κ1) is 27.8. The summed E-state index contributed by atoms with van der Waals surface area (Å²) in [6.45, 7) is 0. The van der Waals surface area contributed by atoms with E-state index in [4.69, 9.17) is 9.40 Å². The average molecular weight is 651 g/mol. The van der Waals surface area contributed by atoms with E-state index in [0.717, 1.165) is 66.5 Å². The van der Waals surface area contributed by atoms with Crippen LogP contribution in [0.3, 0.4) is 0 Å². The molecule has 0 saturated carbocycles. The fourth-order valence-corrected chi connectivity index (χ4v) is 8.15. The van der Waals surface area contributed by atoms with Gasteiger partial charge in [0.05, 0.1) is 22.7 Å². The lowest BCUT2D eigenvalue weighted by Gasteiger charge is -2.18. The van der Waals surface area contributed by atoms with Crippen LogP contribution in [0.5, 0.6) is 0 Å². The van der Waals surface area contributed by atoms with Crippen molar-refractivity contribution in [3.05, 3.63) is 163 Å². The number of furan rings is 1. The smallest absolute Gasteiger partial charge is 0.232 e. The third kappa shape index (κ3) is 3.93. The number of nitrogens with zero attached hydrogens (tertiary/aromatic N) is 4. The molecule has 4 heterocycles. The van der Waals surface area contributed by atoms with Crippen LogP contribution in [0.4, 0.5) is 0 Å². The summed E-state index contributed by atoms with van der Waals surface area (Å²) in [4.78, 5) is 4.95. The molecule has 0 N–H and O–H groups in total. The van der Waals surface area contributed by atoms with E-state index in [1.54, 1.807) is 0 Å². The van der Waals surface area contributed by atoms with Gasteiger partial charge in [0.1, 0.15) is 16.7 Å². The number of benzene rings is 7. The third-order valence-electron chi connectivity index (χ3n) is 10.3. The van der Waals surface area contributed by atoms with Gasteiger partial charge in [-0.05, 0) is 98.4 Å². The lowest BCUT2D eigenvalue weighted by molar-refractivity contribution is 0.649. The molecular formula is C46H26N4O. The van der Waals surface area contributed by atoms with Gasteiger partial charge in [0, 0.05) is 28.0 Å². The van der Waals surface area contributed by atoms with Crippen LogP contribution in [0.15, 0.2) is 162 Å². The maximum Gasteiger partial charge on any atom is 0.232 e. The Labute approximate surface area is 291 Å². The van der Waals surface area contributed by atoms with E-state index in [0.29, 0.717) is 5.56 Å². The minimum Gasteiger partial charge on any atom is -0.437 e. The SMILES string of the molecule is N#Cc1ccc2c3ccc(-c4c5ccccc5c(-c5ccc6nc7c8ccccc8oc7n6c5)c5ccccc45)cc3n(-c3ccccc3)c2c1. The first-order valence-corrected chi connectivity index (χ1v) is 17.0. The molecule has 0 amide bonds. The second kappa shape index (κ2) is 10.4. The highest BCUT2D eigenvalue weighted by Gasteiger charge is 2.20. The van der Waals surface area contributed by atoms with E-state index in [1.807, 2.05) is 36.4 Å². The molecule has 5 heteroatoms. The summed E-state index contributed by atoms with van der Waals surface area (Å²) in [5, 5.41) is 17.8. The van der Waals surface area contributed by atoms with Crippen LogP contribution in [-0.2, 0) is 0 Å². The Kier molecular flexibility index (Phi) is 5.67. The molecule has 4 aromatic heterocycles. The minimum atomic E-state index is 0.644. The minimum absolute atomic E-state index is 0.644. The van der Waals surface area contributed by atoms with Gasteiger partial charge in [0.15, 0.2) is 0 Å². The van der Waals surface area contributed by atoms with Gasteiger partial charge in [-0.25, -0.2) is 4.98 Å². The van der Waals surface area contributed by atoms with Crippen molar-refractivity contribution >= 4 is 71.2 Å². The number of pyridine rings is 1. The van der Waals surface area contributed by atoms with Gasteiger partial charge in [0.2, 0.25) is 5.71 Å². The van der Waals surface area contributed by atoms with Crippen molar-refractivity contribution in [2.45, 2.75) is 0 Å². The van der Waals surface area contributed by atoms with Gasteiger partial charge < -0.3 is 8.98 Å². The topological polar surface area (TPSA) is 59.2 Å². The largest absolute Gasteiger partial charge is 0.437 e. The summed E-state index contributed by atoms with van der Waals surface area (Å²) >= 11 is 0. The van der Waals surface area contributed by atoms with Crippen LogP contribution in [0.25, 0.3) is 99.1 Å². The number of nitriles is 1. The van der Waals surface area contributed by atoms with Crippen molar-refractivity contribution in [2.75, 3.05) is 0 Å². The molecule has 7 aromatic carbocycles. The number of imidazole rings is 1. The lowest BCUT2D eigenvalue weighted by atomic mass is 9.86. The fraction of sp³-hybridized carbons (Fsp3) is 0. The predicted octanol–water partition coefficient (Wildman–Crippen LogP) is 11.8. The van der Waals surface area contributed by atoms with Crippen LogP contribution >= 0.6 is 0 Å². The summed E-state index contributed by atoms with van der Waals surface area (Å²) in [6, 6.07) is 55.3. The number of rotatable bonds is 3. The molecule has 0 atom stereocenters. The molecular weight excluding hydrogens is 625 g/mol. The summed E-state index contributed by atoms with van der Waals surface area (Å²) in [6.07, 6.45) is 2.17. The second-order valence-corrected chi connectivity index (χ2v) is 13.1. The number of fused-ring (bicyclic) bond motifs is 10. The Morgan fingerprint density at radius 2 is 1.12 bits per heavy atom. The van der Waals surface area contributed by atoms with Crippen LogP contribution < -0.4 is 0 Å². The number of para-hydroxylation sites is 2. The van der Waals surface area contributed by atoms with Gasteiger partial charge in [0.25, 0.3) is 0 Å². The maximum atomic E-state index is 9.78. The van der Waals surface area contributed by atoms with E-state index in [2.05, 4.69) is 136 Å². The van der Waals surface area contributed by atoms with Crippen LogP contribution in [0.1, 0.15) is 5.56 Å². The molecule has 0 fully saturated rings. The first-order valence-electron chi connectivity index (χ1n) is 17.0. The molecule has 0 saturated heterocycles. The normalized spacial score (nSPS) is 11.9. The molecule has 0 unspecified atom stereocenters. The highest BCUT2D eigenvalue weighted by molar-refractivity contribution is 6.22. The Morgan fingerprint density at radius 1 is 0.529 bits per heavy atom. The lowest BCUT2D eigenvalue weighted by Crippen LogP contribution is -1.95. The van der Waals surface area contributed by atoms with Crippen LogP contribution in [0, 0.1) is 11.3 Å². The third-order valence-corrected chi connectivity index (χ3v) is 10.3. The number of hydrogen-bond acceptors (Lipinski definition) is 3. The van der Waals surface area contributed by atoms with E-state index >= 15 is 0 Å². The molecule has 0 aliphatic carbocycles. The maximum absolute atomic E-state index is 9.78. The number of aromatic nitrogens is 3. The van der Waals surface area contributed by atoms with Crippen molar-refractivity contribution < 1.29 is 4.42 Å². The zero-order chi connectivity index (χ0) is 33.6. The predicted molar refractivity (Wildman–Crippen MR) is 207 cm³/mol. The number of hydrogen-bond donors (Lipinski definition) is 0. The Hall–Kier alpha value is -7.16. The summed E-state index contributed by atoms with van der Waals surface area (Å²) in [5.41, 5.74) is 11.7. The summed E-state index contributed by atoms with van der Waals surface area (Å²) in [5.74, 6) is 0. The molecule has 0 radical (unpaired) electrons. The Bertz CT molecular complexity index is 3210. The molecule has 51 heavy (non-hydrogen) atoms. The van der Waals surface area contributed by atoms with Gasteiger partial charge >= 0.3 is 0 Å². The van der Waals surface area contributed by atoms with Crippen molar-refractivity contribution in [2.24, 2.45) is 0 Å². The quantitative estimate of drug-likeness (QED) is 0.179. The van der Waals surface area contributed by atoms with E-state index in [9.17, 15) is 5.26 Å². The molecule has 11 aromatic rings. The Balaban J connectivity index is 1.20. The molecule has 0 spiro atoms. The molecule has 5 nitrogen and oxygen atoms in total.